The topological polar surface area (TPSA) is 52.9 Å². The molecule has 63 heavy (non-hydrogen) atoms. The number of nitrogens with zero attached hydrogens (tertiary/aromatic N) is 6. The van der Waals surface area contributed by atoms with Gasteiger partial charge in [0.2, 0.25) is 11.9 Å². The zero-order valence-electron chi connectivity index (χ0n) is 33.8. The molecule has 0 atom stereocenters. The molecule has 0 saturated heterocycles. The van der Waals surface area contributed by atoms with Crippen LogP contribution in [0, 0.1) is 0 Å². The van der Waals surface area contributed by atoms with Crippen molar-refractivity contribution in [1.82, 2.24) is 28.5 Å². The smallest absolute Gasteiger partial charge is 0.240 e. The Labute approximate surface area is 359 Å². The van der Waals surface area contributed by atoms with E-state index in [2.05, 4.69) is 220 Å². The molecule has 0 spiro atoms. The monoisotopic (exact) mass is 802 g/mol. The molecule has 0 bridgehead atoms. The molecule has 0 radical (unpaired) electrons. The lowest BCUT2D eigenvalue weighted by Crippen LogP contribution is -2.10. The van der Waals surface area contributed by atoms with E-state index in [1.54, 1.807) is 0 Å². The van der Waals surface area contributed by atoms with E-state index in [0.717, 1.165) is 65.6 Å². The van der Waals surface area contributed by atoms with Crippen LogP contribution in [0.4, 0.5) is 0 Å². The summed E-state index contributed by atoms with van der Waals surface area (Å²) in [5.74, 6) is 1.72. The summed E-state index contributed by atoms with van der Waals surface area (Å²) in [6.45, 7) is 0. The fourth-order valence-electron chi connectivity index (χ4n) is 10.4. The molecule has 0 unspecified atom stereocenters. The normalized spacial score (nSPS) is 12.1. The highest BCUT2D eigenvalue weighted by Crippen LogP contribution is 2.40. The van der Waals surface area contributed by atoms with Crippen LogP contribution in [-0.2, 0) is 0 Å². The van der Waals surface area contributed by atoms with Crippen LogP contribution < -0.4 is 0 Å². The lowest BCUT2D eigenvalue weighted by atomic mass is 10.0. The Morgan fingerprint density at radius 1 is 0.254 bits per heavy atom. The third-order valence-electron chi connectivity index (χ3n) is 13.1. The first-order chi connectivity index (χ1) is 31.3. The first kappa shape index (κ1) is 34.1. The van der Waals surface area contributed by atoms with Crippen molar-refractivity contribution in [1.29, 1.82) is 0 Å². The number of hydrogen-bond donors (Lipinski definition) is 0. The summed E-state index contributed by atoms with van der Waals surface area (Å²) >= 11 is 0. The maximum Gasteiger partial charge on any atom is 0.240 e. The lowest BCUT2D eigenvalue weighted by Gasteiger charge is -2.12. The molecule has 0 aliphatic carbocycles. The quantitative estimate of drug-likeness (QED) is 0.179. The van der Waals surface area contributed by atoms with E-state index in [0.29, 0.717) is 17.7 Å². The molecule has 0 fully saturated rings. The fourth-order valence-corrected chi connectivity index (χ4v) is 10.4. The van der Waals surface area contributed by atoms with Crippen LogP contribution in [0.3, 0.4) is 0 Å². The van der Waals surface area contributed by atoms with Gasteiger partial charge in [0.1, 0.15) is 0 Å². The van der Waals surface area contributed by atoms with E-state index >= 15 is 0 Å². The van der Waals surface area contributed by atoms with Gasteiger partial charge in [-0.1, -0.05) is 158 Å². The third kappa shape index (κ3) is 4.80. The van der Waals surface area contributed by atoms with Crippen molar-refractivity contribution in [3.8, 4) is 23.3 Å². The number of benzene rings is 9. The molecule has 14 aromatic rings. The maximum atomic E-state index is 5.41. The molecule has 5 aromatic heterocycles. The summed E-state index contributed by atoms with van der Waals surface area (Å²) in [6.07, 6.45) is 0. The van der Waals surface area contributed by atoms with Gasteiger partial charge >= 0.3 is 0 Å². The summed E-state index contributed by atoms with van der Waals surface area (Å²) in [5.41, 5.74) is 8.49. The highest BCUT2D eigenvalue weighted by atomic mass is 15.3. The van der Waals surface area contributed by atoms with Crippen molar-refractivity contribution in [2.24, 2.45) is 0 Å². The summed E-state index contributed by atoms with van der Waals surface area (Å²) in [5, 5.41) is 14.1. The van der Waals surface area contributed by atoms with E-state index in [1.807, 2.05) is 0 Å². The van der Waals surface area contributed by atoms with Crippen molar-refractivity contribution in [3.63, 3.8) is 0 Å². The Morgan fingerprint density at radius 3 is 1.06 bits per heavy atom. The van der Waals surface area contributed by atoms with E-state index in [1.165, 1.54) is 43.2 Å². The van der Waals surface area contributed by atoms with Gasteiger partial charge in [-0.15, -0.1) is 0 Å². The standard InChI is InChI=1S/C57H34N6/c1-3-18-38-36(16-1)37-17-2-4-19-39(37)45-25-15-26-46-47-34-35(32-33-53(47)61(54(45)46)48-27-10-5-20-40(38)48)55-58-56(62-49-28-11-6-21-41(49)42-22-7-12-29-50(42)62)60-57(59-55)63-51-30-13-8-23-43(51)44-24-9-14-31-52(44)63/h1-34H. The van der Waals surface area contributed by atoms with E-state index < -0.39 is 0 Å². The molecular formula is C57H34N6. The van der Waals surface area contributed by atoms with Crippen LogP contribution in [0.5, 0.6) is 0 Å². The van der Waals surface area contributed by atoms with E-state index in [9.17, 15) is 0 Å². The van der Waals surface area contributed by atoms with Gasteiger partial charge in [-0.2, -0.15) is 15.0 Å². The van der Waals surface area contributed by atoms with Gasteiger partial charge in [-0.25, -0.2) is 0 Å². The van der Waals surface area contributed by atoms with E-state index in [4.69, 9.17) is 15.0 Å². The number of fused-ring (bicyclic) bond motifs is 16. The molecule has 292 valence electrons. The van der Waals surface area contributed by atoms with Gasteiger partial charge in [0.15, 0.2) is 5.82 Å². The summed E-state index contributed by atoms with van der Waals surface area (Å²) in [6, 6.07) is 73.9. The van der Waals surface area contributed by atoms with Crippen molar-refractivity contribution in [2.45, 2.75) is 0 Å². The number of para-hydroxylation sites is 6. The Hall–Kier alpha value is -8.61. The first-order valence-corrected chi connectivity index (χ1v) is 21.4. The van der Waals surface area contributed by atoms with Crippen molar-refractivity contribution in [3.05, 3.63) is 206 Å². The van der Waals surface area contributed by atoms with Crippen LogP contribution >= 0.6 is 0 Å². The van der Waals surface area contributed by atoms with Crippen LogP contribution in [0.1, 0.15) is 0 Å². The zero-order chi connectivity index (χ0) is 41.2. The third-order valence-corrected chi connectivity index (χ3v) is 13.1. The molecule has 0 aliphatic rings. The summed E-state index contributed by atoms with van der Waals surface area (Å²) in [7, 11) is 0. The largest absolute Gasteiger partial charge is 0.308 e. The van der Waals surface area contributed by atoms with Crippen LogP contribution in [0.25, 0.3) is 127 Å². The molecule has 0 N–H and O–H groups in total. The number of hydrogen-bond acceptors (Lipinski definition) is 3. The summed E-state index contributed by atoms with van der Waals surface area (Å²) < 4.78 is 6.85. The second kappa shape index (κ2) is 12.9. The highest BCUT2D eigenvalue weighted by Gasteiger charge is 2.22. The number of rotatable bonds is 3. The zero-order valence-corrected chi connectivity index (χ0v) is 33.8. The molecular weight excluding hydrogens is 769 g/mol. The van der Waals surface area contributed by atoms with Gasteiger partial charge < -0.3 is 4.40 Å². The molecule has 14 rings (SSSR count). The van der Waals surface area contributed by atoms with Gasteiger partial charge in [-0.05, 0) is 70.1 Å². The minimum Gasteiger partial charge on any atom is -0.308 e. The SMILES string of the molecule is c1ccc2c(c1)c1ccccc1c1cccc3c4cc(-c5nc(-n6c7ccccc7c7ccccc76)nc(-n6c7ccccc7c7ccccc76)n5)ccc4n(c4ccccc24)c13. The second-order valence-corrected chi connectivity index (χ2v) is 16.4. The van der Waals surface area contributed by atoms with Gasteiger partial charge in [0.25, 0.3) is 0 Å². The molecule has 6 nitrogen and oxygen atoms in total. The Morgan fingerprint density at radius 2 is 0.587 bits per heavy atom. The number of aromatic nitrogens is 6. The molecule has 5 heterocycles. The average Bonchev–Trinajstić information content (AvgIpc) is 4.00. The van der Waals surface area contributed by atoms with Gasteiger partial charge in [0.05, 0.1) is 38.6 Å². The van der Waals surface area contributed by atoms with Gasteiger partial charge in [0, 0.05) is 48.7 Å². The van der Waals surface area contributed by atoms with Crippen molar-refractivity contribution in [2.75, 3.05) is 0 Å². The molecule has 0 saturated carbocycles. The van der Waals surface area contributed by atoms with Crippen molar-refractivity contribution >= 4 is 103 Å². The predicted octanol–water partition coefficient (Wildman–Crippen LogP) is 14.3. The molecule has 6 heteroatoms. The summed E-state index contributed by atoms with van der Waals surface area (Å²) in [4.78, 5) is 16.2. The average molecular weight is 803 g/mol. The van der Waals surface area contributed by atoms with Gasteiger partial charge in [-0.3, -0.25) is 9.13 Å². The van der Waals surface area contributed by atoms with Crippen LogP contribution in [0.2, 0.25) is 0 Å². The molecule has 9 aromatic carbocycles. The first-order valence-electron chi connectivity index (χ1n) is 21.4. The highest BCUT2D eigenvalue weighted by molar-refractivity contribution is 6.25. The maximum absolute atomic E-state index is 5.41. The molecule has 0 amide bonds. The van der Waals surface area contributed by atoms with E-state index in [-0.39, 0.29) is 0 Å². The van der Waals surface area contributed by atoms with Crippen molar-refractivity contribution < 1.29 is 0 Å². The van der Waals surface area contributed by atoms with Crippen LogP contribution in [0.15, 0.2) is 206 Å². The second-order valence-electron chi connectivity index (χ2n) is 16.4. The Balaban J connectivity index is 1.12. The predicted molar refractivity (Wildman–Crippen MR) is 261 cm³/mol. The lowest BCUT2D eigenvalue weighted by molar-refractivity contribution is 0.893. The molecule has 0 aliphatic heterocycles. The Kier molecular flexibility index (Phi) is 7.02. The van der Waals surface area contributed by atoms with Crippen LogP contribution in [-0.4, -0.2) is 28.5 Å². The minimum absolute atomic E-state index is 0.561. The minimum atomic E-state index is 0.561. The Bertz CT molecular complexity index is 4040. The fraction of sp³-hybridized carbons (Fsp3) is 0.